The number of aromatic nitrogens is 4. The number of benzene rings is 1. The molecule has 0 unspecified atom stereocenters. The number of hydrogen-bond acceptors (Lipinski definition) is 4. The van der Waals surface area contributed by atoms with Gasteiger partial charge in [-0.2, -0.15) is 5.10 Å². The monoisotopic (exact) mass is 413 g/mol. The van der Waals surface area contributed by atoms with Crippen molar-refractivity contribution in [2.24, 2.45) is 7.05 Å². The highest BCUT2D eigenvalue weighted by molar-refractivity contribution is 6.07. The van der Waals surface area contributed by atoms with Gasteiger partial charge in [0.2, 0.25) is 0 Å². The predicted molar refractivity (Wildman–Crippen MR) is 123 cm³/mol. The molecule has 4 rings (SSSR count). The van der Waals surface area contributed by atoms with Crippen LogP contribution in [0.2, 0.25) is 0 Å². The molecule has 3 heterocycles. The highest BCUT2D eigenvalue weighted by atomic mass is 16.1. The van der Waals surface area contributed by atoms with E-state index in [-0.39, 0.29) is 11.9 Å². The highest BCUT2D eigenvalue weighted by Crippen LogP contribution is 2.26. The molecular weight excluding hydrogens is 386 g/mol. The molecule has 0 aliphatic rings. The van der Waals surface area contributed by atoms with Gasteiger partial charge >= 0.3 is 0 Å². The minimum absolute atomic E-state index is 0.0380. The molecule has 6 nitrogen and oxygen atoms in total. The summed E-state index contributed by atoms with van der Waals surface area (Å²) in [6, 6.07) is 11.6. The van der Waals surface area contributed by atoms with Crippen LogP contribution in [-0.4, -0.2) is 31.7 Å². The van der Waals surface area contributed by atoms with Crippen LogP contribution in [0.1, 0.15) is 39.8 Å². The molecule has 0 saturated heterocycles. The SMILES string of the molecule is Cc1nn(C)c(C)c1C[C@@H](C)NC(=O)c1cc(-c2cccnc2)nc2c(C)cccc12. The van der Waals surface area contributed by atoms with Gasteiger partial charge in [-0.25, -0.2) is 4.98 Å². The zero-order valence-electron chi connectivity index (χ0n) is 18.6. The minimum atomic E-state index is -0.102. The molecule has 0 aliphatic carbocycles. The Balaban J connectivity index is 1.69. The van der Waals surface area contributed by atoms with E-state index < -0.39 is 0 Å². The van der Waals surface area contributed by atoms with E-state index in [2.05, 4.69) is 22.3 Å². The molecule has 1 N–H and O–H groups in total. The van der Waals surface area contributed by atoms with Crippen molar-refractivity contribution < 1.29 is 4.79 Å². The van der Waals surface area contributed by atoms with E-state index in [0.29, 0.717) is 5.56 Å². The zero-order valence-corrected chi connectivity index (χ0v) is 18.6. The van der Waals surface area contributed by atoms with Crippen molar-refractivity contribution in [3.63, 3.8) is 0 Å². The van der Waals surface area contributed by atoms with E-state index in [1.165, 1.54) is 5.56 Å². The van der Waals surface area contributed by atoms with E-state index in [0.717, 1.165) is 45.5 Å². The van der Waals surface area contributed by atoms with E-state index in [9.17, 15) is 4.79 Å². The number of fused-ring (bicyclic) bond motifs is 1. The molecule has 0 bridgehead atoms. The molecule has 0 spiro atoms. The van der Waals surface area contributed by atoms with Crippen LogP contribution in [0.25, 0.3) is 22.2 Å². The fourth-order valence-corrected chi connectivity index (χ4v) is 4.01. The number of rotatable bonds is 5. The first-order valence-corrected chi connectivity index (χ1v) is 10.5. The van der Waals surface area contributed by atoms with E-state index in [1.807, 2.05) is 68.9 Å². The Morgan fingerprint density at radius 2 is 1.97 bits per heavy atom. The zero-order chi connectivity index (χ0) is 22.1. The normalized spacial score (nSPS) is 12.2. The van der Waals surface area contributed by atoms with E-state index >= 15 is 0 Å². The fourth-order valence-electron chi connectivity index (χ4n) is 4.01. The smallest absolute Gasteiger partial charge is 0.252 e. The molecule has 0 fully saturated rings. The molecule has 4 aromatic rings. The number of hydrogen-bond donors (Lipinski definition) is 1. The second kappa shape index (κ2) is 8.30. The average Bonchev–Trinajstić information content (AvgIpc) is 3.00. The van der Waals surface area contributed by atoms with Gasteiger partial charge in [0.15, 0.2) is 0 Å². The summed E-state index contributed by atoms with van der Waals surface area (Å²) in [5.74, 6) is -0.102. The van der Waals surface area contributed by atoms with Crippen molar-refractivity contribution >= 4 is 16.8 Å². The van der Waals surface area contributed by atoms with Crippen molar-refractivity contribution in [2.45, 2.75) is 40.2 Å². The average molecular weight is 414 g/mol. The largest absolute Gasteiger partial charge is 0.349 e. The Morgan fingerprint density at radius 1 is 1.16 bits per heavy atom. The van der Waals surface area contributed by atoms with Crippen LogP contribution in [-0.2, 0) is 13.5 Å². The maximum atomic E-state index is 13.4. The number of nitrogens with zero attached hydrogens (tertiary/aromatic N) is 4. The topological polar surface area (TPSA) is 72.7 Å². The first-order chi connectivity index (χ1) is 14.8. The lowest BCUT2D eigenvalue weighted by Crippen LogP contribution is -2.34. The van der Waals surface area contributed by atoms with Gasteiger partial charge in [-0.15, -0.1) is 0 Å². The van der Waals surface area contributed by atoms with Crippen molar-refractivity contribution in [1.29, 1.82) is 0 Å². The summed E-state index contributed by atoms with van der Waals surface area (Å²) in [6.07, 6.45) is 4.23. The third-order valence-electron chi connectivity index (χ3n) is 5.79. The third-order valence-corrected chi connectivity index (χ3v) is 5.79. The summed E-state index contributed by atoms with van der Waals surface area (Å²) in [7, 11) is 1.94. The van der Waals surface area contributed by atoms with Crippen LogP contribution < -0.4 is 5.32 Å². The van der Waals surface area contributed by atoms with Crippen molar-refractivity contribution in [2.75, 3.05) is 0 Å². The van der Waals surface area contributed by atoms with E-state index in [4.69, 9.17) is 4.98 Å². The molecule has 1 aromatic carbocycles. The highest BCUT2D eigenvalue weighted by Gasteiger charge is 2.19. The van der Waals surface area contributed by atoms with Crippen LogP contribution in [0.4, 0.5) is 0 Å². The molecule has 6 heteroatoms. The molecule has 1 atom stereocenters. The summed E-state index contributed by atoms with van der Waals surface area (Å²) in [4.78, 5) is 22.4. The summed E-state index contributed by atoms with van der Waals surface area (Å²) in [5, 5.41) is 8.52. The lowest BCUT2D eigenvalue weighted by molar-refractivity contribution is 0.0941. The fraction of sp³-hybridized carbons (Fsp3) is 0.280. The van der Waals surface area contributed by atoms with Crippen LogP contribution in [0.3, 0.4) is 0 Å². The molecule has 0 saturated carbocycles. The van der Waals surface area contributed by atoms with Gasteiger partial charge < -0.3 is 5.32 Å². The Labute approximate surface area is 182 Å². The summed E-state index contributed by atoms with van der Waals surface area (Å²) in [5.41, 5.74) is 7.43. The number of pyridine rings is 2. The summed E-state index contributed by atoms with van der Waals surface area (Å²) < 4.78 is 1.89. The number of amides is 1. The molecule has 3 aromatic heterocycles. The standard InChI is InChI=1S/C25H27N5O/c1-15-8-6-10-20-22(13-23(28-24(15)20)19-9-7-11-26-14-19)25(31)27-16(2)12-21-17(3)29-30(5)18(21)4/h6-11,13-14,16H,12H2,1-5H3,(H,27,31)/t16-/m1/s1. The number of carbonyl (C=O) groups is 1. The van der Waals surface area contributed by atoms with Crippen LogP contribution in [0.15, 0.2) is 48.8 Å². The number of para-hydroxylation sites is 1. The van der Waals surface area contributed by atoms with Gasteiger partial charge in [0.1, 0.15) is 0 Å². The molecule has 1 amide bonds. The van der Waals surface area contributed by atoms with Crippen molar-refractivity contribution in [1.82, 2.24) is 25.1 Å². The Hall–Kier alpha value is -3.54. The third kappa shape index (κ3) is 4.06. The molecule has 158 valence electrons. The van der Waals surface area contributed by atoms with Gasteiger partial charge in [0.25, 0.3) is 5.91 Å². The summed E-state index contributed by atoms with van der Waals surface area (Å²) in [6.45, 7) is 8.11. The van der Waals surface area contributed by atoms with Gasteiger partial charge in [0.05, 0.1) is 22.5 Å². The molecule has 31 heavy (non-hydrogen) atoms. The second-order valence-corrected chi connectivity index (χ2v) is 8.12. The molecule has 0 radical (unpaired) electrons. The quantitative estimate of drug-likeness (QED) is 0.529. The lowest BCUT2D eigenvalue weighted by Gasteiger charge is -2.16. The van der Waals surface area contributed by atoms with Gasteiger partial charge in [-0.1, -0.05) is 18.2 Å². The Kier molecular flexibility index (Phi) is 5.55. The Bertz CT molecular complexity index is 1260. The van der Waals surface area contributed by atoms with Gasteiger partial charge in [-0.3, -0.25) is 14.5 Å². The number of carbonyl (C=O) groups excluding carboxylic acids is 1. The number of nitrogens with one attached hydrogen (secondary N) is 1. The summed E-state index contributed by atoms with van der Waals surface area (Å²) >= 11 is 0. The predicted octanol–water partition coefficient (Wildman–Crippen LogP) is 4.32. The molecule has 0 aliphatic heterocycles. The maximum absolute atomic E-state index is 13.4. The van der Waals surface area contributed by atoms with Crippen molar-refractivity contribution in [3.8, 4) is 11.3 Å². The maximum Gasteiger partial charge on any atom is 0.252 e. The lowest BCUT2D eigenvalue weighted by atomic mass is 10.0. The minimum Gasteiger partial charge on any atom is -0.349 e. The van der Waals surface area contributed by atoms with E-state index in [1.54, 1.807) is 12.4 Å². The first kappa shape index (κ1) is 20.7. The van der Waals surface area contributed by atoms with Crippen molar-refractivity contribution in [3.05, 3.63) is 76.9 Å². The van der Waals surface area contributed by atoms with Crippen LogP contribution in [0.5, 0.6) is 0 Å². The second-order valence-electron chi connectivity index (χ2n) is 8.12. The van der Waals surface area contributed by atoms with Crippen LogP contribution in [0, 0.1) is 20.8 Å². The molecular formula is C25H27N5O. The van der Waals surface area contributed by atoms with Crippen LogP contribution >= 0.6 is 0 Å². The first-order valence-electron chi connectivity index (χ1n) is 10.5. The Morgan fingerprint density at radius 3 is 2.65 bits per heavy atom. The van der Waals surface area contributed by atoms with Gasteiger partial charge in [-0.05, 0) is 63.4 Å². The number of aryl methyl sites for hydroxylation is 3. The van der Waals surface area contributed by atoms with Gasteiger partial charge in [0, 0.05) is 42.1 Å².